The zero-order valence-electron chi connectivity index (χ0n) is 11.9. The standard InChI is InChI=1S/C15H18N2O3S/c1-11(2)20-13-9-7-12(8-10-13)17-21(18,19)15-6-4-3-5-14(15)16/h3-11,17H,16H2,1-2H3. The first-order chi connectivity index (χ1) is 9.88. The molecule has 0 heterocycles. The number of para-hydroxylation sites is 1. The average Bonchev–Trinajstić information content (AvgIpc) is 2.40. The molecule has 0 bridgehead atoms. The Morgan fingerprint density at radius 2 is 1.67 bits per heavy atom. The lowest BCUT2D eigenvalue weighted by atomic mass is 10.3. The Hall–Kier alpha value is -2.21. The van der Waals surface area contributed by atoms with Crippen molar-refractivity contribution in [2.24, 2.45) is 0 Å². The Labute approximate surface area is 124 Å². The predicted octanol–water partition coefficient (Wildman–Crippen LogP) is 2.86. The number of rotatable bonds is 5. The van der Waals surface area contributed by atoms with Crippen LogP contribution in [0.5, 0.6) is 5.75 Å². The van der Waals surface area contributed by atoms with Crippen molar-refractivity contribution in [2.45, 2.75) is 24.8 Å². The van der Waals surface area contributed by atoms with Crippen molar-refractivity contribution in [3.8, 4) is 5.75 Å². The van der Waals surface area contributed by atoms with Gasteiger partial charge in [-0.3, -0.25) is 4.72 Å². The normalized spacial score (nSPS) is 11.4. The molecule has 0 aliphatic heterocycles. The summed E-state index contributed by atoms with van der Waals surface area (Å²) in [6.45, 7) is 3.85. The van der Waals surface area contributed by atoms with Gasteiger partial charge < -0.3 is 10.5 Å². The number of nitrogens with two attached hydrogens (primary N) is 1. The SMILES string of the molecule is CC(C)Oc1ccc(NS(=O)(=O)c2ccccc2N)cc1. The average molecular weight is 306 g/mol. The molecule has 21 heavy (non-hydrogen) atoms. The van der Waals surface area contributed by atoms with Crippen LogP contribution < -0.4 is 15.2 Å². The second-order valence-electron chi connectivity index (χ2n) is 4.83. The van der Waals surface area contributed by atoms with E-state index in [9.17, 15) is 8.42 Å². The topological polar surface area (TPSA) is 81.4 Å². The Morgan fingerprint density at radius 3 is 2.24 bits per heavy atom. The molecule has 0 aromatic heterocycles. The van der Waals surface area contributed by atoms with E-state index >= 15 is 0 Å². The third-order valence-electron chi connectivity index (χ3n) is 2.69. The second kappa shape index (κ2) is 6.05. The first-order valence-electron chi connectivity index (χ1n) is 6.52. The van der Waals surface area contributed by atoms with Gasteiger partial charge in [0, 0.05) is 5.69 Å². The van der Waals surface area contributed by atoms with Crippen LogP contribution in [-0.4, -0.2) is 14.5 Å². The number of nitrogens with one attached hydrogen (secondary N) is 1. The molecule has 0 spiro atoms. The first kappa shape index (κ1) is 15.2. The van der Waals surface area contributed by atoms with E-state index in [1.165, 1.54) is 6.07 Å². The summed E-state index contributed by atoms with van der Waals surface area (Å²) in [5.74, 6) is 0.687. The van der Waals surface area contributed by atoms with Gasteiger partial charge in [-0.25, -0.2) is 8.42 Å². The van der Waals surface area contributed by atoms with Crippen LogP contribution in [0.25, 0.3) is 0 Å². The molecule has 2 rings (SSSR count). The van der Waals surface area contributed by atoms with Crippen LogP contribution in [0, 0.1) is 0 Å². The minimum Gasteiger partial charge on any atom is -0.491 e. The molecular weight excluding hydrogens is 288 g/mol. The highest BCUT2D eigenvalue weighted by molar-refractivity contribution is 7.92. The fourth-order valence-electron chi connectivity index (χ4n) is 1.81. The Morgan fingerprint density at radius 1 is 1.05 bits per heavy atom. The molecule has 2 aromatic rings. The van der Waals surface area contributed by atoms with Crippen molar-refractivity contribution in [3.05, 3.63) is 48.5 Å². The van der Waals surface area contributed by atoms with Crippen LogP contribution >= 0.6 is 0 Å². The van der Waals surface area contributed by atoms with Crippen molar-refractivity contribution in [1.82, 2.24) is 0 Å². The molecule has 0 aliphatic rings. The van der Waals surface area contributed by atoms with Gasteiger partial charge in [0.05, 0.1) is 11.8 Å². The molecule has 0 saturated heterocycles. The monoisotopic (exact) mass is 306 g/mol. The maximum atomic E-state index is 12.3. The molecule has 0 amide bonds. The number of sulfonamides is 1. The number of hydrogen-bond acceptors (Lipinski definition) is 4. The summed E-state index contributed by atoms with van der Waals surface area (Å²) in [6, 6.07) is 13.1. The van der Waals surface area contributed by atoms with Gasteiger partial charge in [0.2, 0.25) is 0 Å². The second-order valence-corrected chi connectivity index (χ2v) is 6.49. The minimum absolute atomic E-state index is 0.0625. The summed E-state index contributed by atoms with van der Waals surface area (Å²) in [7, 11) is -3.70. The highest BCUT2D eigenvalue weighted by Crippen LogP contribution is 2.23. The van der Waals surface area contributed by atoms with Crippen LogP contribution in [0.2, 0.25) is 0 Å². The van der Waals surface area contributed by atoms with Crippen LogP contribution in [-0.2, 0) is 10.0 Å². The van der Waals surface area contributed by atoms with E-state index in [-0.39, 0.29) is 16.7 Å². The quantitative estimate of drug-likeness (QED) is 0.832. The van der Waals surface area contributed by atoms with Gasteiger partial charge in [0.1, 0.15) is 10.6 Å². The summed E-state index contributed by atoms with van der Waals surface area (Å²) >= 11 is 0. The molecule has 0 atom stereocenters. The van der Waals surface area contributed by atoms with Gasteiger partial charge in [-0.1, -0.05) is 12.1 Å². The predicted molar refractivity (Wildman–Crippen MR) is 83.9 cm³/mol. The molecule has 0 fully saturated rings. The lowest BCUT2D eigenvalue weighted by molar-refractivity contribution is 0.242. The smallest absolute Gasteiger partial charge is 0.263 e. The molecule has 112 valence electrons. The van der Waals surface area contributed by atoms with E-state index in [4.69, 9.17) is 10.5 Å². The zero-order chi connectivity index (χ0) is 15.5. The van der Waals surface area contributed by atoms with E-state index in [0.29, 0.717) is 11.4 Å². The lowest BCUT2D eigenvalue weighted by Gasteiger charge is -2.12. The first-order valence-corrected chi connectivity index (χ1v) is 8.01. The van der Waals surface area contributed by atoms with Crippen LogP contribution in [0.15, 0.2) is 53.4 Å². The van der Waals surface area contributed by atoms with Gasteiger partial charge in [-0.05, 0) is 50.2 Å². The minimum atomic E-state index is -3.70. The number of nitrogen functional groups attached to an aromatic ring is 1. The fourth-order valence-corrected chi connectivity index (χ4v) is 3.00. The molecule has 5 nitrogen and oxygen atoms in total. The van der Waals surface area contributed by atoms with Gasteiger partial charge in [0.25, 0.3) is 10.0 Å². The summed E-state index contributed by atoms with van der Waals surface area (Å²) in [6.07, 6.45) is 0.0664. The van der Waals surface area contributed by atoms with Crippen LogP contribution in [0.4, 0.5) is 11.4 Å². The summed E-state index contributed by atoms with van der Waals surface area (Å²) in [5, 5.41) is 0. The molecule has 0 unspecified atom stereocenters. The molecule has 6 heteroatoms. The van der Waals surface area contributed by atoms with Crippen molar-refractivity contribution in [2.75, 3.05) is 10.5 Å². The number of hydrogen-bond donors (Lipinski definition) is 2. The van der Waals surface area contributed by atoms with Gasteiger partial charge in [0.15, 0.2) is 0 Å². The van der Waals surface area contributed by atoms with Gasteiger partial charge in [-0.15, -0.1) is 0 Å². The van der Waals surface area contributed by atoms with E-state index in [2.05, 4.69) is 4.72 Å². The molecule has 0 radical (unpaired) electrons. The molecule has 3 N–H and O–H groups in total. The number of ether oxygens (including phenoxy) is 1. The van der Waals surface area contributed by atoms with Crippen molar-refractivity contribution >= 4 is 21.4 Å². The summed E-state index contributed by atoms with van der Waals surface area (Å²) in [4.78, 5) is 0.0625. The highest BCUT2D eigenvalue weighted by atomic mass is 32.2. The molecular formula is C15H18N2O3S. The molecule has 0 saturated carbocycles. The third kappa shape index (κ3) is 3.88. The van der Waals surface area contributed by atoms with Crippen molar-refractivity contribution < 1.29 is 13.2 Å². The van der Waals surface area contributed by atoms with Crippen LogP contribution in [0.1, 0.15) is 13.8 Å². The van der Waals surface area contributed by atoms with Crippen molar-refractivity contribution in [3.63, 3.8) is 0 Å². The third-order valence-corrected chi connectivity index (χ3v) is 4.14. The van der Waals surface area contributed by atoms with Crippen molar-refractivity contribution in [1.29, 1.82) is 0 Å². The Kier molecular flexibility index (Phi) is 4.37. The number of benzene rings is 2. The fraction of sp³-hybridized carbons (Fsp3) is 0.200. The molecule has 2 aromatic carbocycles. The molecule has 0 aliphatic carbocycles. The van der Waals surface area contributed by atoms with E-state index in [1.807, 2.05) is 13.8 Å². The summed E-state index contributed by atoms with van der Waals surface area (Å²) in [5.41, 5.74) is 6.37. The largest absolute Gasteiger partial charge is 0.491 e. The van der Waals surface area contributed by atoms with E-state index < -0.39 is 10.0 Å². The summed E-state index contributed by atoms with van der Waals surface area (Å²) < 4.78 is 32.5. The van der Waals surface area contributed by atoms with E-state index in [0.717, 1.165) is 0 Å². The maximum absolute atomic E-state index is 12.3. The maximum Gasteiger partial charge on any atom is 0.263 e. The highest BCUT2D eigenvalue weighted by Gasteiger charge is 2.16. The lowest BCUT2D eigenvalue weighted by Crippen LogP contribution is -2.14. The number of anilines is 2. The van der Waals surface area contributed by atoms with E-state index in [1.54, 1.807) is 42.5 Å². The Bertz CT molecular complexity index is 710. The van der Waals surface area contributed by atoms with Crippen LogP contribution in [0.3, 0.4) is 0 Å². The van der Waals surface area contributed by atoms with Gasteiger partial charge in [-0.2, -0.15) is 0 Å². The van der Waals surface area contributed by atoms with Gasteiger partial charge >= 0.3 is 0 Å². The zero-order valence-corrected chi connectivity index (χ0v) is 12.7. The Balaban J connectivity index is 2.19.